The number of nitrogens with two attached hydrogens (primary N) is 1. The van der Waals surface area contributed by atoms with E-state index in [0.717, 1.165) is 23.7 Å². The van der Waals surface area contributed by atoms with Gasteiger partial charge in [0.2, 0.25) is 0 Å². The van der Waals surface area contributed by atoms with Crippen LogP contribution in [0.3, 0.4) is 0 Å². The van der Waals surface area contributed by atoms with Crippen molar-refractivity contribution in [2.75, 3.05) is 25.9 Å². The first-order valence-electron chi connectivity index (χ1n) is 7.16. The number of aromatic nitrogens is 1. The van der Waals surface area contributed by atoms with Gasteiger partial charge in [0.1, 0.15) is 5.69 Å². The fraction of sp³-hybridized carbons (Fsp3) is 0.375. The van der Waals surface area contributed by atoms with Crippen molar-refractivity contribution in [3.05, 3.63) is 36.0 Å². The van der Waals surface area contributed by atoms with Crippen LogP contribution < -0.4 is 5.73 Å². The summed E-state index contributed by atoms with van der Waals surface area (Å²) in [6.07, 6.45) is 1.99. The second kappa shape index (κ2) is 5.69. The van der Waals surface area contributed by atoms with Crippen LogP contribution in [-0.2, 0) is 4.74 Å². The van der Waals surface area contributed by atoms with Gasteiger partial charge >= 0.3 is 0 Å². The van der Waals surface area contributed by atoms with E-state index in [-0.39, 0.29) is 12.0 Å². The summed E-state index contributed by atoms with van der Waals surface area (Å²) in [5, 5.41) is 0.882. The van der Waals surface area contributed by atoms with Crippen LogP contribution in [0.4, 0.5) is 5.69 Å². The maximum absolute atomic E-state index is 12.6. The molecule has 110 valence electrons. The zero-order valence-electron chi connectivity index (χ0n) is 12.1. The van der Waals surface area contributed by atoms with Crippen LogP contribution >= 0.6 is 0 Å². The molecule has 0 atom stereocenters. The molecule has 5 nitrogen and oxygen atoms in total. The fourth-order valence-corrected chi connectivity index (χ4v) is 2.77. The van der Waals surface area contributed by atoms with Gasteiger partial charge in [-0.15, -0.1) is 0 Å². The molecule has 2 aromatic rings. The minimum atomic E-state index is -0.0537. The van der Waals surface area contributed by atoms with E-state index < -0.39 is 0 Å². The average molecular weight is 285 g/mol. The largest absolute Gasteiger partial charge is 0.398 e. The highest BCUT2D eigenvalue weighted by atomic mass is 16.5. The van der Waals surface area contributed by atoms with E-state index >= 15 is 0 Å². The van der Waals surface area contributed by atoms with Crippen molar-refractivity contribution in [3.8, 4) is 0 Å². The van der Waals surface area contributed by atoms with E-state index in [1.54, 1.807) is 13.2 Å². The Hall–Kier alpha value is -2.14. The van der Waals surface area contributed by atoms with Crippen molar-refractivity contribution >= 4 is 22.5 Å². The van der Waals surface area contributed by atoms with Gasteiger partial charge in [0.25, 0.3) is 5.91 Å². The van der Waals surface area contributed by atoms with Crippen LogP contribution in [0.25, 0.3) is 10.9 Å². The number of fused-ring (bicyclic) bond motifs is 1. The number of ether oxygens (including phenoxy) is 1. The summed E-state index contributed by atoms with van der Waals surface area (Å²) in [7, 11) is 1.72. The normalized spacial score (nSPS) is 16.3. The third kappa shape index (κ3) is 2.69. The van der Waals surface area contributed by atoms with Crippen molar-refractivity contribution < 1.29 is 9.53 Å². The Bertz CT molecular complexity index is 664. The molecule has 0 aliphatic carbocycles. The zero-order valence-corrected chi connectivity index (χ0v) is 12.1. The molecule has 1 aromatic carbocycles. The molecule has 2 N–H and O–H groups in total. The lowest BCUT2D eigenvalue weighted by Gasteiger charge is -2.31. The lowest BCUT2D eigenvalue weighted by atomic mass is 10.1. The first-order chi connectivity index (χ1) is 10.2. The molecule has 1 fully saturated rings. The molecule has 1 amide bonds. The van der Waals surface area contributed by atoms with Crippen LogP contribution in [0.5, 0.6) is 0 Å². The number of amides is 1. The highest BCUT2D eigenvalue weighted by molar-refractivity contribution is 5.99. The summed E-state index contributed by atoms with van der Waals surface area (Å²) in [5.41, 5.74) is 7.81. The number of rotatable bonds is 2. The second-order valence-corrected chi connectivity index (χ2v) is 5.34. The molecular formula is C16H19N3O2. The molecule has 21 heavy (non-hydrogen) atoms. The lowest BCUT2D eigenvalue weighted by Crippen LogP contribution is -2.40. The van der Waals surface area contributed by atoms with Gasteiger partial charge in [-0.25, -0.2) is 4.98 Å². The van der Waals surface area contributed by atoms with E-state index in [1.807, 2.05) is 29.2 Å². The summed E-state index contributed by atoms with van der Waals surface area (Å²) in [5.74, 6) is -0.0537. The third-order valence-electron chi connectivity index (χ3n) is 4.03. The van der Waals surface area contributed by atoms with Crippen LogP contribution in [-0.4, -0.2) is 42.1 Å². The van der Waals surface area contributed by atoms with Gasteiger partial charge in [-0.2, -0.15) is 0 Å². The summed E-state index contributed by atoms with van der Waals surface area (Å²) < 4.78 is 5.33. The number of carbonyl (C=O) groups excluding carboxylic acids is 1. The monoisotopic (exact) mass is 285 g/mol. The molecule has 1 aromatic heterocycles. The number of nitrogen functional groups attached to an aromatic ring is 1. The van der Waals surface area contributed by atoms with E-state index in [1.165, 1.54) is 0 Å². The lowest BCUT2D eigenvalue weighted by molar-refractivity contribution is 0.0348. The SMILES string of the molecule is COC1CCN(C(=O)c2cc(N)c3ccccc3n2)CC1. The topological polar surface area (TPSA) is 68.5 Å². The Balaban J connectivity index is 1.85. The first-order valence-corrected chi connectivity index (χ1v) is 7.16. The summed E-state index contributed by atoms with van der Waals surface area (Å²) >= 11 is 0. The number of benzene rings is 1. The van der Waals surface area contributed by atoms with E-state index in [4.69, 9.17) is 10.5 Å². The molecule has 2 heterocycles. The number of para-hydroxylation sites is 1. The minimum absolute atomic E-state index is 0.0537. The number of anilines is 1. The molecule has 0 radical (unpaired) electrons. The molecule has 0 saturated carbocycles. The number of nitrogens with zero attached hydrogens (tertiary/aromatic N) is 2. The van der Waals surface area contributed by atoms with Gasteiger partial charge < -0.3 is 15.4 Å². The van der Waals surface area contributed by atoms with Crippen molar-refractivity contribution in [1.29, 1.82) is 0 Å². The Labute approximate surface area is 123 Å². The number of piperidine rings is 1. The fourth-order valence-electron chi connectivity index (χ4n) is 2.77. The summed E-state index contributed by atoms with van der Waals surface area (Å²) in [4.78, 5) is 18.8. The van der Waals surface area contributed by atoms with E-state index in [0.29, 0.717) is 24.5 Å². The number of likely N-dealkylation sites (tertiary alicyclic amines) is 1. The van der Waals surface area contributed by atoms with Crippen LogP contribution in [0.2, 0.25) is 0 Å². The minimum Gasteiger partial charge on any atom is -0.398 e. The number of methoxy groups -OCH3 is 1. The van der Waals surface area contributed by atoms with Crippen LogP contribution in [0.1, 0.15) is 23.3 Å². The second-order valence-electron chi connectivity index (χ2n) is 5.34. The molecule has 0 bridgehead atoms. The number of carbonyl (C=O) groups is 1. The molecule has 5 heteroatoms. The van der Waals surface area contributed by atoms with Crippen molar-refractivity contribution in [2.45, 2.75) is 18.9 Å². The number of hydrogen-bond donors (Lipinski definition) is 1. The number of pyridine rings is 1. The van der Waals surface area contributed by atoms with Crippen LogP contribution in [0, 0.1) is 0 Å². The molecule has 3 rings (SSSR count). The van der Waals surface area contributed by atoms with Crippen molar-refractivity contribution in [1.82, 2.24) is 9.88 Å². The maximum Gasteiger partial charge on any atom is 0.272 e. The highest BCUT2D eigenvalue weighted by Crippen LogP contribution is 2.22. The van der Waals surface area contributed by atoms with Gasteiger partial charge in [0.15, 0.2) is 0 Å². The average Bonchev–Trinajstić information content (AvgIpc) is 2.54. The van der Waals surface area contributed by atoms with Crippen LogP contribution in [0.15, 0.2) is 30.3 Å². The predicted octanol–water partition coefficient (Wildman–Crippen LogP) is 2.07. The number of hydrogen-bond acceptors (Lipinski definition) is 4. The zero-order chi connectivity index (χ0) is 14.8. The van der Waals surface area contributed by atoms with Gasteiger partial charge in [-0.1, -0.05) is 18.2 Å². The van der Waals surface area contributed by atoms with Gasteiger partial charge in [-0.05, 0) is 25.0 Å². The van der Waals surface area contributed by atoms with Crippen molar-refractivity contribution in [2.24, 2.45) is 0 Å². The summed E-state index contributed by atoms with van der Waals surface area (Å²) in [6.45, 7) is 1.40. The van der Waals surface area contributed by atoms with E-state index in [2.05, 4.69) is 4.98 Å². The van der Waals surface area contributed by atoms with Crippen molar-refractivity contribution in [3.63, 3.8) is 0 Å². The van der Waals surface area contributed by atoms with Gasteiger partial charge in [-0.3, -0.25) is 4.79 Å². The third-order valence-corrected chi connectivity index (χ3v) is 4.03. The molecular weight excluding hydrogens is 266 g/mol. The smallest absolute Gasteiger partial charge is 0.272 e. The molecule has 1 saturated heterocycles. The Morgan fingerprint density at radius 2 is 2.05 bits per heavy atom. The standard InChI is InChI=1S/C16H19N3O2/c1-21-11-6-8-19(9-7-11)16(20)15-10-13(17)12-4-2-3-5-14(12)18-15/h2-5,10-11H,6-9H2,1H3,(H2,17,18). The molecule has 0 unspecified atom stereocenters. The molecule has 1 aliphatic rings. The Morgan fingerprint density at radius 1 is 1.33 bits per heavy atom. The maximum atomic E-state index is 12.6. The van der Waals surface area contributed by atoms with Gasteiger partial charge in [0, 0.05) is 31.3 Å². The van der Waals surface area contributed by atoms with E-state index in [9.17, 15) is 4.79 Å². The molecule has 0 spiro atoms. The Kier molecular flexibility index (Phi) is 3.75. The predicted molar refractivity (Wildman–Crippen MR) is 82.1 cm³/mol. The first kappa shape index (κ1) is 13.8. The quantitative estimate of drug-likeness (QED) is 0.917. The highest BCUT2D eigenvalue weighted by Gasteiger charge is 2.24. The summed E-state index contributed by atoms with van der Waals surface area (Å²) in [6, 6.07) is 9.27. The van der Waals surface area contributed by atoms with Gasteiger partial charge in [0.05, 0.1) is 11.6 Å². The Morgan fingerprint density at radius 3 is 2.76 bits per heavy atom. The molecule has 1 aliphatic heterocycles.